The van der Waals surface area contributed by atoms with Gasteiger partial charge >= 0.3 is 0 Å². The Kier molecular flexibility index (Phi) is 4.98. The molecule has 1 aromatic rings. The summed E-state index contributed by atoms with van der Waals surface area (Å²) in [6, 6.07) is 5.27. The van der Waals surface area contributed by atoms with Gasteiger partial charge in [0.05, 0.1) is 0 Å². The monoisotopic (exact) mass is 263 g/mol. The molecule has 106 valence electrons. The summed E-state index contributed by atoms with van der Waals surface area (Å²) in [5.74, 6) is 1.87. The van der Waals surface area contributed by atoms with Crippen LogP contribution in [0.4, 0.5) is 4.39 Å². The van der Waals surface area contributed by atoms with Crippen LogP contribution in [0.15, 0.2) is 18.2 Å². The van der Waals surface area contributed by atoms with Crippen LogP contribution < -0.4 is 5.32 Å². The molecule has 1 aliphatic rings. The fourth-order valence-corrected chi connectivity index (χ4v) is 3.59. The molecule has 0 spiro atoms. The van der Waals surface area contributed by atoms with Crippen molar-refractivity contribution in [2.45, 2.75) is 45.4 Å². The minimum absolute atomic E-state index is 0.0950. The van der Waals surface area contributed by atoms with E-state index in [1.54, 1.807) is 12.1 Å². The zero-order valence-corrected chi connectivity index (χ0v) is 12.4. The van der Waals surface area contributed by atoms with Crippen LogP contribution in [-0.2, 0) is 0 Å². The lowest BCUT2D eigenvalue weighted by Gasteiger charge is -2.37. The van der Waals surface area contributed by atoms with Gasteiger partial charge in [0.15, 0.2) is 0 Å². The molecule has 0 amide bonds. The van der Waals surface area contributed by atoms with Gasteiger partial charge in [-0.2, -0.15) is 0 Å². The molecule has 0 aliphatic heterocycles. The van der Waals surface area contributed by atoms with Crippen molar-refractivity contribution in [3.8, 4) is 0 Å². The van der Waals surface area contributed by atoms with Gasteiger partial charge in [-0.05, 0) is 74.4 Å². The van der Waals surface area contributed by atoms with Crippen LogP contribution in [0.1, 0.15) is 49.7 Å². The molecule has 1 saturated carbocycles. The van der Waals surface area contributed by atoms with Crippen molar-refractivity contribution in [1.29, 1.82) is 0 Å². The Balaban J connectivity index is 2.27. The molecule has 1 aliphatic carbocycles. The van der Waals surface area contributed by atoms with Gasteiger partial charge in [0.1, 0.15) is 5.82 Å². The maximum Gasteiger partial charge on any atom is 0.123 e. The van der Waals surface area contributed by atoms with Gasteiger partial charge in [0.25, 0.3) is 0 Å². The fraction of sp³-hybridized carbons (Fsp3) is 0.647. The Morgan fingerprint density at radius 2 is 2.11 bits per heavy atom. The third-order valence-corrected chi connectivity index (χ3v) is 4.79. The van der Waals surface area contributed by atoms with Crippen molar-refractivity contribution in [3.63, 3.8) is 0 Å². The summed E-state index contributed by atoms with van der Waals surface area (Å²) in [5, 5.41) is 3.31. The lowest BCUT2D eigenvalue weighted by molar-refractivity contribution is 0.227. The highest BCUT2D eigenvalue weighted by atomic mass is 19.1. The van der Waals surface area contributed by atoms with E-state index in [1.165, 1.54) is 36.8 Å². The van der Waals surface area contributed by atoms with E-state index in [2.05, 4.69) is 19.2 Å². The van der Waals surface area contributed by atoms with Gasteiger partial charge < -0.3 is 5.32 Å². The number of hydrogen-bond donors (Lipinski definition) is 1. The van der Waals surface area contributed by atoms with E-state index in [4.69, 9.17) is 0 Å². The van der Waals surface area contributed by atoms with Crippen molar-refractivity contribution >= 4 is 0 Å². The normalized spacial score (nSPS) is 27.5. The second-order valence-corrected chi connectivity index (χ2v) is 6.01. The van der Waals surface area contributed by atoms with Crippen molar-refractivity contribution in [2.24, 2.45) is 11.8 Å². The number of benzene rings is 1. The van der Waals surface area contributed by atoms with Crippen molar-refractivity contribution in [3.05, 3.63) is 35.1 Å². The maximum atomic E-state index is 13.6. The zero-order chi connectivity index (χ0) is 13.8. The van der Waals surface area contributed by atoms with Gasteiger partial charge in [-0.3, -0.25) is 0 Å². The lowest BCUT2D eigenvalue weighted by atomic mass is 9.69. The SMILES string of the molecule is CCC1CCC(CNC)C(c2cc(F)ccc2C)C1. The van der Waals surface area contributed by atoms with Crippen LogP contribution in [0, 0.1) is 24.6 Å². The zero-order valence-electron chi connectivity index (χ0n) is 12.4. The summed E-state index contributed by atoms with van der Waals surface area (Å²) < 4.78 is 13.6. The summed E-state index contributed by atoms with van der Waals surface area (Å²) in [6.07, 6.45) is 5.05. The minimum Gasteiger partial charge on any atom is -0.319 e. The van der Waals surface area contributed by atoms with Crippen molar-refractivity contribution in [2.75, 3.05) is 13.6 Å². The highest BCUT2D eigenvalue weighted by molar-refractivity contribution is 5.31. The Hall–Kier alpha value is -0.890. The van der Waals surface area contributed by atoms with Gasteiger partial charge in [0.2, 0.25) is 0 Å². The van der Waals surface area contributed by atoms with Crippen LogP contribution in [0.2, 0.25) is 0 Å². The molecule has 19 heavy (non-hydrogen) atoms. The van der Waals surface area contributed by atoms with E-state index in [1.807, 2.05) is 13.1 Å². The van der Waals surface area contributed by atoms with E-state index in [-0.39, 0.29) is 5.82 Å². The molecular weight excluding hydrogens is 237 g/mol. The standard InChI is InChI=1S/C17H26FN/c1-4-13-6-7-14(11-19-3)17(9-13)16-10-15(18)8-5-12(16)2/h5,8,10,13-14,17,19H,4,6-7,9,11H2,1-3H3. The van der Waals surface area contributed by atoms with E-state index < -0.39 is 0 Å². The first-order valence-electron chi connectivity index (χ1n) is 7.56. The molecule has 0 heterocycles. The molecule has 0 radical (unpaired) electrons. The summed E-state index contributed by atoms with van der Waals surface area (Å²) in [6.45, 7) is 5.43. The summed E-state index contributed by atoms with van der Waals surface area (Å²) in [4.78, 5) is 0. The molecule has 1 N–H and O–H groups in total. The van der Waals surface area contributed by atoms with Gasteiger partial charge in [-0.1, -0.05) is 25.8 Å². The van der Waals surface area contributed by atoms with E-state index in [0.29, 0.717) is 11.8 Å². The Morgan fingerprint density at radius 3 is 2.79 bits per heavy atom. The minimum atomic E-state index is -0.0950. The number of hydrogen-bond acceptors (Lipinski definition) is 1. The predicted octanol–water partition coefficient (Wildman–Crippen LogP) is 4.26. The largest absolute Gasteiger partial charge is 0.319 e. The molecule has 2 heteroatoms. The molecule has 0 saturated heterocycles. The topological polar surface area (TPSA) is 12.0 Å². The van der Waals surface area contributed by atoms with E-state index in [9.17, 15) is 4.39 Å². The van der Waals surface area contributed by atoms with Crippen LogP contribution in [-0.4, -0.2) is 13.6 Å². The number of halogens is 1. The summed E-state index contributed by atoms with van der Waals surface area (Å²) in [5.41, 5.74) is 2.47. The molecule has 1 nitrogen and oxygen atoms in total. The smallest absolute Gasteiger partial charge is 0.123 e. The average molecular weight is 263 g/mol. The Morgan fingerprint density at radius 1 is 1.32 bits per heavy atom. The van der Waals surface area contributed by atoms with Crippen molar-refractivity contribution < 1.29 is 4.39 Å². The van der Waals surface area contributed by atoms with Crippen LogP contribution >= 0.6 is 0 Å². The number of rotatable bonds is 4. The second-order valence-electron chi connectivity index (χ2n) is 6.01. The third-order valence-electron chi connectivity index (χ3n) is 4.79. The third kappa shape index (κ3) is 3.36. The van der Waals surface area contributed by atoms with Crippen LogP contribution in [0.25, 0.3) is 0 Å². The van der Waals surface area contributed by atoms with Gasteiger partial charge in [-0.25, -0.2) is 4.39 Å². The quantitative estimate of drug-likeness (QED) is 0.855. The highest BCUT2D eigenvalue weighted by Crippen LogP contribution is 2.42. The summed E-state index contributed by atoms with van der Waals surface area (Å²) >= 11 is 0. The molecule has 3 unspecified atom stereocenters. The molecular formula is C17H26FN. The fourth-order valence-electron chi connectivity index (χ4n) is 3.59. The average Bonchev–Trinajstić information content (AvgIpc) is 2.42. The molecule has 2 rings (SSSR count). The molecule has 1 aromatic carbocycles. The number of nitrogens with one attached hydrogen (secondary N) is 1. The first kappa shape index (κ1) is 14.5. The highest BCUT2D eigenvalue weighted by Gasteiger charge is 2.31. The summed E-state index contributed by atoms with van der Waals surface area (Å²) in [7, 11) is 2.02. The Bertz CT molecular complexity index is 416. The van der Waals surface area contributed by atoms with Gasteiger partial charge in [-0.15, -0.1) is 0 Å². The molecule has 0 bridgehead atoms. The first-order valence-corrected chi connectivity index (χ1v) is 7.56. The second kappa shape index (κ2) is 6.51. The number of aryl methyl sites for hydroxylation is 1. The van der Waals surface area contributed by atoms with Crippen LogP contribution in [0.5, 0.6) is 0 Å². The first-order chi connectivity index (χ1) is 9.15. The maximum absolute atomic E-state index is 13.6. The van der Waals surface area contributed by atoms with Crippen molar-refractivity contribution in [1.82, 2.24) is 5.32 Å². The van der Waals surface area contributed by atoms with E-state index >= 15 is 0 Å². The van der Waals surface area contributed by atoms with E-state index in [0.717, 1.165) is 12.5 Å². The van der Waals surface area contributed by atoms with Gasteiger partial charge in [0, 0.05) is 0 Å². The Labute approximate surface area is 116 Å². The molecule has 1 fully saturated rings. The van der Waals surface area contributed by atoms with Crippen LogP contribution in [0.3, 0.4) is 0 Å². The molecule has 3 atom stereocenters. The lowest BCUT2D eigenvalue weighted by Crippen LogP contribution is -2.31. The predicted molar refractivity (Wildman–Crippen MR) is 78.9 cm³/mol. The molecule has 0 aromatic heterocycles.